The Morgan fingerprint density at radius 3 is 2.85 bits per heavy atom. The van der Waals surface area contributed by atoms with Gasteiger partial charge in [-0.2, -0.15) is 0 Å². The molecule has 2 aliphatic heterocycles. The van der Waals surface area contributed by atoms with E-state index in [-0.39, 0.29) is 17.9 Å². The number of para-hydroxylation sites is 1. The van der Waals surface area contributed by atoms with E-state index in [4.69, 9.17) is 4.74 Å². The Kier molecular flexibility index (Phi) is 4.80. The van der Waals surface area contributed by atoms with Gasteiger partial charge in [0.15, 0.2) is 0 Å². The average Bonchev–Trinajstić information content (AvgIpc) is 3.06. The van der Waals surface area contributed by atoms with Crippen molar-refractivity contribution in [1.29, 1.82) is 0 Å². The maximum Gasteiger partial charge on any atom is 0.274 e. The molecule has 26 heavy (non-hydrogen) atoms. The lowest BCUT2D eigenvalue weighted by molar-refractivity contribution is -0.144. The minimum absolute atomic E-state index is 0.0312. The Morgan fingerprint density at radius 2 is 2.12 bits per heavy atom. The van der Waals surface area contributed by atoms with Crippen molar-refractivity contribution in [3.05, 3.63) is 23.8 Å². The van der Waals surface area contributed by atoms with E-state index in [0.29, 0.717) is 31.2 Å². The highest BCUT2D eigenvalue weighted by molar-refractivity contribution is 7.20. The van der Waals surface area contributed by atoms with Crippen molar-refractivity contribution < 1.29 is 14.3 Å². The van der Waals surface area contributed by atoms with E-state index in [9.17, 15) is 9.59 Å². The first-order chi connectivity index (χ1) is 12.6. The van der Waals surface area contributed by atoms with Gasteiger partial charge >= 0.3 is 0 Å². The van der Waals surface area contributed by atoms with Crippen LogP contribution in [0.4, 0.5) is 0 Å². The molecule has 0 saturated carbocycles. The smallest absolute Gasteiger partial charge is 0.274 e. The number of fused-ring (bicyclic) bond motifs is 1. The summed E-state index contributed by atoms with van der Waals surface area (Å²) in [6, 6.07) is 6.14. The maximum absolute atomic E-state index is 12.6. The van der Waals surface area contributed by atoms with Crippen LogP contribution in [0.25, 0.3) is 10.2 Å². The molecule has 2 saturated heterocycles. The summed E-state index contributed by atoms with van der Waals surface area (Å²) >= 11 is 1.57. The summed E-state index contributed by atoms with van der Waals surface area (Å²) < 4.78 is 7.22. The third kappa shape index (κ3) is 3.40. The van der Waals surface area contributed by atoms with Crippen LogP contribution in [0.3, 0.4) is 0 Å². The molecule has 2 aliphatic rings. The molecule has 7 heteroatoms. The van der Waals surface area contributed by atoms with Crippen LogP contribution in [-0.2, 0) is 9.59 Å². The number of aryl methyl sites for hydroxylation is 1. The number of amides is 2. The molecule has 1 unspecified atom stereocenters. The number of piperidine rings is 2. The summed E-state index contributed by atoms with van der Waals surface area (Å²) in [7, 11) is 0. The highest BCUT2D eigenvalue weighted by Crippen LogP contribution is 2.31. The van der Waals surface area contributed by atoms with Crippen LogP contribution in [0.5, 0.6) is 5.19 Å². The number of hydrogen-bond donors (Lipinski definition) is 1. The van der Waals surface area contributed by atoms with Gasteiger partial charge in [-0.25, -0.2) is 4.98 Å². The van der Waals surface area contributed by atoms with E-state index in [2.05, 4.69) is 29.4 Å². The topological polar surface area (TPSA) is 71.5 Å². The van der Waals surface area contributed by atoms with Crippen molar-refractivity contribution in [3.63, 3.8) is 0 Å². The van der Waals surface area contributed by atoms with Gasteiger partial charge in [0.05, 0.1) is 10.2 Å². The molecular weight excluding hydrogens is 350 g/mol. The number of ether oxygens (including phenoxy) is 1. The third-order valence-corrected chi connectivity index (χ3v) is 6.12. The third-order valence-electron chi connectivity index (χ3n) is 5.21. The van der Waals surface area contributed by atoms with Gasteiger partial charge < -0.3 is 15.0 Å². The molecule has 2 amide bonds. The molecule has 2 fully saturated rings. The lowest BCUT2D eigenvalue weighted by Crippen LogP contribution is -2.49. The molecule has 3 heterocycles. The number of aromatic nitrogens is 1. The molecule has 1 aromatic carbocycles. The van der Waals surface area contributed by atoms with Crippen LogP contribution in [0, 0.1) is 12.8 Å². The minimum Gasteiger partial charge on any atom is -0.467 e. The minimum atomic E-state index is -0.506. The predicted octanol–water partition coefficient (Wildman–Crippen LogP) is 2.50. The van der Waals surface area contributed by atoms with Gasteiger partial charge in [-0.05, 0) is 31.4 Å². The first-order valence-corrected chi connectivity index (χ1v) is 10.0. The van der Waals surface area contributed by atoms with Crippen LogP contribution in [0.15, 0.2) is 18.2 Å². The molecule has 1 aromatic heterocycles. The van der Waals surface area contributed by atoms with Crippen LogP contribution >= 0.6 is 11.3 Å². The number of carbonyl (C=O) groups excluding carboxylic acids is 2. The molecule has 138 valence electrons. The second-order valence-electron chi connectivity index (χ2n) is 7.03. The van der Waals surface area contributed by atoms with Gasteiger partial charge in [0, 0.05) is 32.5 Å². The predicted molar refractivity (Wildman–Crippen MR) is 100 cm³/mol. The summed E-state index contributed by atoms with van der Waals surface area (Å²) in [5.41, 5.74) is 2.16. The van der Waals surface area contributed by atoms with Crippen molar-refractivity contribution >= 4 is 33.4 Å². The first-order valence-electron chi connectivity index (χ1n) is 9.21. The average molecular weight is 373 g/mol. The summed E-state index contributed by atoms with van der Waals surface area (Å²) in [6.07, 6.45) is 3.15. The Balaban J connectivity index is 1.35. The van der Waals surface area contributed by atoms with Gasteiger partial charge in [0.2, 0.25) is 11.8 Å². The number of thiazole rings is 1. The number of likely N-dealkylation sites (tertiary alicyclic amines) is 1. The SMILES string of the molecule is Cc1cccc2sc(OC3CCN(C(=O)C4CCCNC4=O)CC3)nc12. The van der Waals surface area contributed by atoms with Crippen LogP contribution < -0.4 is 10.1 Å². The lowest BCUT2D eigenvalue weighted by atomic mass is 9.95. The maximum atomic E-state index is 12.6. The zero-order valence-corrected chi connectivity index (χ0v) is 15.7. The van der Waals surface area contributed by atoms with E-state index in [0.717, 1.165) is 35.0 Å². The van der Waals surface area contributed by atoms with Gasteiger partial charge in [-0.1, -0.05) is 23.5 Å². The van der Waals surface area contributed by atoms with Crippen molar-refractivity contribution in [1.82, 2.24) is 15.2 Å². The molecule has 0 radical (unpaired) electrons. The molecular formula is C19H23N3O3S. The standard InChI is InChI=1S/C19H23N3O3S/c1-12-4-2-6-15-16(12)21-19(26-15)25-13-7-10-22(11-8-13)18(24)14-5-3-9-20-17(14)23/h2,4,6,13-14H,3,5,7-11H2,1H3,(H,20,23). The Hall–Kier alpha value is -2.15. The fourth-order valence-corrected chi connectivity index (χ4v) is 4.64. The lowest BCUT2D eigenvalue weighted by Gasteiger charge is -2.34. The fraction of sp³-hybridized carbons (Fsp3) is 0.526. The van der Waals surface area contributed by atoms with Gasteiger partial charge in [-0.15, -0.1) is 0 Å². The first kappa shape index (κ1) is 17.3. The molecule has 6 nitrogen and oxygen atoms in total. The molecule has 1 N–H and O–H groups in total. The van der Waals surface area contributed by atoms with Crippen molar-refractivity contribution in [3.8, 4) is 5.19 Å². The zero-order valence-electron chi connectivity index (χ0n) is 14.9. The van der Waals surface area contributed by atoms with Crippen LogP contribution in [0.1, 0.15) is 31.2 Å². The summed E-state index contributed by atoms with van der Waals surface area (Å²) in [5, 5.41) is 3.49. The van der Waals surface area contributed by atoms with Crippen molar-refractivity contribution in [2.75, 3.05) is 19.6 Å². The van der Waals surface area contributed by atoms with Crippen LogP contribution in [0.2, 0.25) is 0 Å². The summed E-state index contributed by atoms with van der Waals surface area (Å²) in [4.78, 5) is 30.9. The summed E-state index contributed by atoms with van der Waals surface area (Å²) in [5.74, 6) is -0.658. The highest BCUT2D eigenvalue weighted by Gasteiger charge is 2.34. The number of nitrogens with zero attached hydrogens (tertiary/aromatic N) is 2. The van der Waals surface area contributed by atoms with E-state index >= 15 is 0 Å². The molecule has 4 rings (SSSR count). The van der Waals surface area contributed by atoms with Gasteiger partial charge in [-0.3, -0.25) is 9.59 Å². The quantitative estimate of drug-likeness (QED) is 0.839. The zero-order chi connectivity index (χ0) is 18.1. The van der Waals surface area contributed by atoms with E-state index < -0.39 is 5.92 Å². The summed E-state index contributed by atoms with van der Waals surface area (Å²) in [6.45, 7) is 4.01. The number of carbonyl (C=O) groups is 2. The van der Waals surface area contributed by atoms with E-state index in [1.165, 1.54) is 0 Å². The second-order valence-corrected chi connectivity index (χ2v) is 8.02. The Labute approximate surface area is 156 Å². The van der Waals surface area contributed by atoms with Gasteiger partial charge in [0.1, 0.15) is 12.0 Å². The highest BCUT2D eigenvalue weighted by atomic mass is 32.1. The number of nitrogens with one attached hydrogen (secondary N) is 1. The number of hydrogen-bond acceptors (Lipinski definition) is 5. The number of rotatable bonds is 3. The number of benzene rings is 1. The molecule has 2 aromatic rings. The van der Waals surface area contributed by atoms with E-state index in [1.807, 2.05) is 11.0 Å². The molecule has 0 aliphatic carbocycles. The molecule has 0 bridgehead atoms. The molecule has 0 spiro atoms. The monoisotopic (exact) mass is 373 g/mol. The van der Waals surface area contributed by atoms with Gasteiger partial charge in [0.25, 0.3) is 5.19 Å². The van der Waals surface area contributed by atoms with Crippen LogP contribution in [-0.4, -0.2) is 47.4 Å². The van der Waals surface area contributed by atoms with E-state index in [1.54, 1.807) is 11.3 Å². The fourth-order valence-electron chi connectivity index (χ4n) is 3.68. The van der Waals surface area contributed by atoms with Crippen molar-refractivity contribution in [2.45, 2.75) is 38.7 Å². The Morgan fingerprint density at radius 1 is 1.31 bits per heavy atom. The Bertz CT molecular complexity index is 827. The largest absolute Gasteiger partial charge is 0.467 e. The normalized spacial score (nSPS) is 21.7. The van der Waals surface area contributed by atoms with Crippen molar-refractivity contribution in [2.24, 2.45) is 5.92 Å². The second kappa shape index (κ2) is 7.23. The molecule has 1 atom stereocenters.